The van der Waals surface area contributed by atoms with Crippen LogP contribution < -0.4 is 15.5 Å². The van der Waals surface area contributed by atoms with Gasteiger partial charge < -0.3 is 19.1 Å². The van der Waals surface area contributed by atoms with Crippen molar-refractivity contribution in [3.05, 3.63) is 63.6 Å². The van der Waals surface area contributed by atoms with Gasteiger partial charge in [0.1, 0.15) is 20.4 Å². The van der Waals surface area contributed by atoms with Crippen molar-refractivity contribution in [1.82, 2.24) is 9.55 Å². The molecule has 0 radical (unpaired) electrons. The molecular weight excluding hydrogens is 464 g/mol. The van der Waals surface area contributed by atoms with Gasteiger partial charge in [-0.1, -0.05) is 31.8 Å². The fraction of sp³-hybridized carbons (Fsp3) is 0.308. The Bertz CT molecular complexity index is 1520. The van der Waals surface area contributed by atoms with Crippen LogP contribution in [-0.4, -0.2) is 34.7 Å². The van der Waals surface area contributed by atoms with Gasteiger partial charge in [-0.05, 0) is 29.8 Å². The van der Waals surface area contributed by atoms with Crippen molar-refractivity contribution < 1.29 is 24.2 Å². The van der Waals surface area contributed by atoms with Gasteiger partial charge in [-0.15, -0.1) is 6.58 Å². The van der Waals surface area contributed by atoms with E-state index < -0.39 is 25.6 Å². The van der Waals surface area contributed by atoms with Crippen LogP contribution in [-0.2, 0) is 33.1 Å². The molecule has 180 valence electrons. The minimum atomic E-state index is -2.09. The van der Waals surface area contributed by atoms with Crippen molar-refractivity contribution >= 4 is 36.1 Å². The molecule has 0 fully saturated rings. The molecule has 4 heterocycles. The molecule has 1 atom stereocenters. The molecule has 0 unspecified atom stereocenters. The monoisotopic (exact) mass is 490 g/mol. The molecule has 0 saturated heterocycles. The minimum Gasteiger partial charge on any atom is -0.458 e. The van der Waals surface area contributed by atoms with Gasteiger partial charge in [0.2, 0.25) is 0 Å². The second-order valence-corrected chi connectivity index (χ2v) is 14.0. The number of benzene rings is 1. The third-order valence-corrected chi connectivity index (χ3v) is 9.91. The van der Waals surface area contributed by atoms with Gasteiger partial charge in [0.25, 0.3) is 5.56 Å². The summed E-state index contributed by atoms with van der Waals surface area (Å²) in [4.78, 5) is 42.6. The molecule has 0 bridgehead atoms. The van der Waals surface area contributed by atoms with Gasteiger partial charge in [0.05, 0.1) is 29.0 Å². The summed E-state index contributed by atoms with van der Waals surface area (Å²) in [6.45, 7) is 11.4. The predicted octanol–water partition coefficient (Wildman–Crippen LogP) is 2.65. The molecule has 2 aliphatic heterocycles. The lowest BCUT2D eigenvalue weighted by atomic mass is 9.86. The zero-order valence-electron chi connectivity index (χ0n) is 20.1. The number of aromatic nitrogens is 2. The Kier molecular flexibility index (Phi) is 5.12. The van der Waals surface area contributed by atoms with E-state index in [0.29, 0.717) is 28.0 Å². The molecule has 8 nitrogen and oxygen atoms in total. The first-order chi connectivity index (χ1) is 16.5. The van der Waals surface area contributed by atoms with Gasteiger partial charge in [-0.25, -0.2) is 9.78 Å². The summed E-state index contributed by atoms with van der Waals surface area (Å²) in [7, 11) is -2.09. The summed E-state index contributed by atoms with van der Waals surface area (Å²) in [5.74, 6) is -0.786. The maximum absolute atomic E-state index is 13.4. The standard InChI is InChI=1S/C26H26N2O6Si/c1-6-26(32)18-11-19-22-15(12-28(19)24(30)17(18)13-33-25(26)31)10-16-20(34-14(3)29)8-9-21(23(16)27-22)35(4,5)7-2/h7-11,32H,2,6,12-13H2,1,3-5H3/t26-/m0/s1. The number of hydrogen-bond donors (Lipinski definition) is 1. The number of carbonyl (C=O) groups is 2. The largest absolute Gasteiger partial charge is 0.458 e. The number of nitrogens with zero attached hydrogens (tertiary/aromatic N) is 2. The lowest BCUT2D eigenvalue weighted by molar-refractivity contribution is -0.172. The van der Waals surface area contributed by atoms with Crippen LogP contribution in [0.2, 0.25) is 13.1 Å². The fourth-order valence-electron chi connectivity index (χ4n) is 4.91. The van der Waals surface area contributed by atoms with E-state index in [1.807, 2.05) is 17.8 Å². The van der Waals surface area contributed by atoms with E-state index in [9.17, 15) is 19.5 Å². The Labute approximate surface area is 202 Å². The molecule has 3 aromatic rings. The number of rotatable bonds is 4. The Balaban J connectivity index is 1.82. The number of pyridine rings is 2. The van der Waals surface area contributed by atoms with Gasteiger partial charge in [-0.2, -0.15) is 0 Å². The summed E-state index contributed by atoms with van der Waals surface area (Å²) in [6.07, 6.45) is 0.0781. The van der Waals surface area contributed by atoms with Gasteiger partial charge in [0, 0.05) is 23.4 Å². The molecule has 0 spiro atoms. The number of hydrogen-bond acceptors (Lipinski definition) is 7. The average Bonchev–Trinajstić information content (AvgIpc) is 3.18. The highest BCUT2D eigenvalue weighted by Crippen LogP contribution is 2.39. The van der Waals surface area contributed by atoms with Crippen molar-refractivity contribution in [3.63, 3.8) is 0 Å². The van der Waals surface area contributed by atoms with Crippen LogP contribution >= 0.6 is 0 Å². The third kappa shape index (κ3) is 3.29. The second kappa shape index (κ2) is 7.72. The summed E-state index contributed by atoms with van der Waals surface area (Å²) >= 11 is 0. The van der Waals surface area contributed by atoms with Gasteiger partial charge in [0.15, 0.2) is 5.60 Å². The molecule has 0 amide bonds. The molecule has 2 aromatic heterocycles. The molecule has 2 aliphatic rings. The van der Waals surface area contributed by atoms with Crippen LogP contribution in [0.1, 0.15) is 37.0 Å². The van der Waals surface area contributed by atoms with E-state index in [2.05, 4.69) is 19.7 Å². The maximum atomic E-state index is 13.4. The molecule has 0 aliphatic carbocycles. The number of esters is 2. The van der Waals surface area contributed by atoms with Crippen LogP contribution in [0.15, 0.2) is 41.3 Å². The van der Waals surface area contributed by atoms with E-state index >= 15 is 0 Å². The average molecular weight is 491 g/mol. The van der Waals surface area contributed by atoms with E-state index in [-0.39, 0.29) is 36.3 Å². The molecule has 0 saturated carbocycles. The number of fused-ring (bicyclic) bond motifs is 5. The highest BCUT2D eigenvalue weighted by molar-refractivity contribution is 6.95. The molecule has 35 heavy (non-hydrogen) atoms. The van der Waals surface area contributed by atoms with E-state index in [1.165, 1.54) is 6.92 Å². The first-order valence-electron chi connectivity index (χ1n) is 11.5. The van der Waals surface area contributed by atoms with Crippen molar-refractivity contribution in [2.24, 2.45) is 0 Å². The Morgan fingerprint density at radius 1 is 1.34 bits per heavy atom. The quantitative estimate of drug-likeness (QED) is 0.266. The number of ether oxygens (including phenoxy) is 2. The van der Waals surface area contributed by atoms with Crippen molar-refractivity contribution in [2.45, 2.75) is 52.1 Å². The van der Waals surface area contributed by atoms with Gasteiger partial charge >= 0.3 is 11.9 Å². The Morgan fingerprint density at radius 2 is 2.09 bits per heavy atom. The zero-order chi connectivity index (χ0) is 25.3. The van der Waals surface area contributed by atoms with E-state index in [1.54, 1.807) is 23.6 Å². The molecule has 5 rings (SSSR count). The first kappa shape index (κ1) is 23.2. The number of cyclic esters (lactones) is 1. The number of aliphatic hydroxyl groups is 1. The van der Waals surface area contributed by atoms with E-state index in [4.69, 9.17) is 14.5 Å². The van der Waals surface area contributed by atoms with Crippen LogP contribution in [0.4, 0.5) is 0 Å². The lowest BCUT2D eigenvalue weighted by Gasteiger charge is -2.31. The SMILES string of the molecule is C=C[Si](C)(C)c1ccc(OC(C)=O)c2cc3c(nc12)-c1cc2c(c(=O)n1C3)COC(=O)[C@]2(O)CC. The van der Waals surface area contributed by atoms with Crippen molar-refractivity contribution in [1.29, 1.82) is 0 Å². The summed E-state index contributed by atoms with van der Waals surface area (Å²) < 4.78 is 12.2. The summed E-state index contributed by atoms with van der Waals surface area (Å²) in [6, 6.07) is 7.31. The van der Waals surface area contributed by atoms with E-state index in [0.717, 1.165) is 10.8 Å². The molecule has 9 heteroatoms. The molecular formula is C26H26N2O6Si. The van der Waals surface area contributed by atoms with Crippen molar-refractivity contribution in [2.75, 3.05) is 0 Å². The first-order valence-corrected chi connectivity index (χ1v) is 14.6. The third-order valence-electron chi connectivity index (χ3n) is 7.10. The van der Waals surface area contributed by atoms with Gasteiger partial charge in [-0.3, -0.25) is 9.59 Å². The lowest BCUT2D eigenvalue weighted by Crippen LogP contribution is -2.44. The highest BCUT2D eigenvalue weighted by atomic mass is 28.3. The van der Waals surface area contributed by atoms with Crippen LogP contribution in [0.25, 0.3) is 22.3 Å². The highest BCUT2D eigenvalue weighted by Gasteiger charge is 2.45. The number of carbonyl (C=O) groups excluding carboxylic acids is 2. The predicted molar refractivity (Wildman–Crippen MR) is 133 cm³/mol. The van der Waals surface area contributed by atoms with Crippen molar-refractivity contribution in [3.8, 4) is 17.1 Å². The van der Waals surface area contributed by atoms with Crippen LogP contribution in [0, 0.1) is 0 Å². The Morgan fingerprint density at radius 3 is 2.74 bits per heavy atom. The second-order valence-electron chi connectivity index (χ2n) is 9.63. The van der Waals surface area contributed by atoms with Crippen LogP contribution in [0.3, 0.4) is 0 Å². The minimum absolute atomic E-state index is 0.0781. The zero-order valence-corrected chi connectivity index (χ0v) is 21.1. The normalized spacial score (nSPS) is 18.5. The fourth-order valence-corrected chi connectivity index (χ4v) is 6.45. The summed E-state index contributed by atoms with van der Waals surface area (Å²) in [5.41, 5.74) is 2.92. The molecule has 1 N–H and O–H groups in total. The maximum Gasteiger partial charge on any atom is 0.343 e. The smallest absolute Gasteiger partial charge is 0.343 e. The summed E-state index contributed by atoms with van der Waals surface area (Å²) in [5, 5.41) is 12.8. The Hall–Kier alpha value is -3.56. The topological polar surface area (TPSA) is 108 Å². The molecule has 1 aromatic carbocycles. The van der Waals surface area contributed by atoms with Crippen LogP contribution in [0.5, 0.6) is 5.75 Å².